The summed E-state index contributed by atoms with van der Waals surface area (Å²) in [6.07, 6.45) is -0.672. The Kier molecular flexibility index (Phi) is 5.61. The number of rotatable bonds is 6. The Hall–Kier alpha value is -1.59. The van der Waals surface area contributed by atoms with Crippen LogP contribution in [0.4, 0.5) is 0 Å². The molecule has 1 unspecified atom stereocenters. The van der Waals surface area contributed by atoms with Gasteiger partial charge >= 0.3 is 5.97 Å². The molecule has 1 N–H and O–H groups in total. The van der Waals surface area contributed by atoms with Gasteiger partial charge in [-0.25, -0.2) is 0 Å². The molecule has 1 atom stereocenters. The molecule has 5 nitrogen and oxygen atoms in total. The topological polar surface area (TPSA) is 59.0 Å². The second kappa shape index (κ2) is 6.98. The molecule has 0 spiro atoms. The van der Waals surface area contributed by atoms with Gasteiger partial charge in [-0.05, 0) is 24.7 Å². The summed E-state index contributed by atoms with van der Waals surface area (Å²) in [5.74, 6) is 0.373. The number of aliphatic hydroxyl groups excluding tert-OH is 1. The van der Waals surface area contributed by atoms with Gasteiger partial charge in [0, 0.05) is 6.54 Å². The van der Waals surface area contributed by atoms with E-state index in [1.807, 2.05) is 18.2 Å². The Morgan fingerprint density at radius 2 is 2.17 bits per heavy atom. The molecule has 1 rings (SSSR count). The van der Waals surface area contributed by atoms with Crippen LogP contribution in [-0.4, -0.2) is 50.3 Å². The van der Waals surface area contributed by atoms with E-state index in [4.69, 9.17) is 4.74 Å². The Bertz CT molecular complexity index is 394. The largest absolute Gasteiger partial charge is 0.497 e. The number of methoxy groups -OCH3 is 2. The van der Waals surface area contributed by atoms with Crippen molar-refractivity contribution < 1.29 is 19.4 Å². The standard InChI is InChI=1S/C13H19NO4/c1-14(9-13(16)18-3)8-12(15)10-5-4-6-11(7-10)17-2/h4-7,12,15H,8-9H2,1-3H3. The maximum atomic E-state index is 11.1. The molecule has 100 valence electrons. The number of hydrogen-bond donors (Lipinski definition) is 1. The van der Waals surface area contributed by atoms with Crippen molar-refractivity contribution in [3.05, 3.63) is 29.8 Å². The van der Waals surface area contributed by atoms with E-state index in [2.05, 4.69) is 4.74 Å². The molecular weight excluding hydrogens is 234 g/mol. The summed E-state index contributed by atoms with van der Waals surface area (Å²) in [4.78, 5) is 12.8. The van der Waals surface area contributed by atoms with Gasteiger partial charge < -0.3 is 14.6 Å². The molecular formula is C13H19NO4. The average Bonchev–Trinajstić information content (AvgIpc) is 2.38. The quantitative estimate of drug-likeness (QED) is 0.761. The van der Waals surface area contributed by atoms with Gasteiger partial charge in [0.1, 0.15) is 5.75 Å². The van der Waals surface area contributed by atoms with Crippen LogP contribution in [-0.2, 0) is 9.53 Å². The highest BCUT2D eigenvalue weighted by Gasteiger charge is 2.13. The van der Waals surface area contributed by atoms with Crippen molar-refractivity contribution in [1.82, 2.24) is 4.90 Å². The summed E-state index contributed by atoms with van der Waals surface area (Å²) in [5.41, 5.74) is 0.756. The third kappa shape index (κ3) is 4.35. The third-order valence-corrected chi connectivity index (χ3v) is 2.59. The zero-order chi connectivity index (χ0) is 13.5. The number of esters is 1. The molecule has 0 aliphatic heterocycles. The smallest absolute Gasteiger partial charge is 0.319 e. The zero-order valence-corrected chi connectivity index (χ0v) is 10.9. The molecule has 0 radical (unpaired) electrons. The molecule has 18 heavy (non-hydrogen) atoms. The van der Waals surface area contributed by atoms with Gasteiger partial charge in [-0.15, -0.1) is 0 Å². The molecule has 0 aliphatic carbocycles. The first kappa shape index (κ1) is 14.5. The lowest BCUT2D eigenvalue weighted by Crippen LogP contribution is -2.30. The van der Waals surface area contributed by atoms with Crippen LogP contribution >= 0.6 is 0 Å². The van der Waals surface area contributed by atoms with E-state index in [1.54, 1.807) is 25.1 Å². The van der Waals surface area contributed by atoms with Crippen molar-refractivity contribution in [1.29, 1.82) is 0 Å². The molecule has 1 aromatic carbocycles. The number of benzene rings is 1. The van der Waals surface area contributed by atoms with Crippen molar-refractivity contribution in [3.63, 3.8) is 0 Å². The summed E-state index contributed by atoms with van der Waals surface area (Å²) >= 11 is 0. The first-order valence-electron chi connectivity index (χ1n) is 5.64. The summed E-state index contributed by atoms with van der Waals surface area (Å²) < 4.78 is 9.66. The maximum absolute atomic E-state index is 11.1. The van der Waals surface area contributed by atoms with E-state index >= 15 is 0 Å². The van der Waals surface area contributed by atoms with E-state index in [9.17, 15) is 9.90 Å². The van der Waals surface area contributed by atoms with E-state index in [1.165, 1.54) is 7.11 Å². The number of hydrogen-bond acceptors (Lipinski definition) is 5. The van der Waals surface area contributed by atoms with Crippen molar-refractivity contribution in [2.45, 2.75) is 6.10 Å². The van der Waals surface area contributed by atoms with Gasteiger partial charge in [0.15, 0.2) is 0 Å². The van der Waals surface area contributed by atoms with E-state index in [0.29, 0.717) is 12.3 Å². The first-order valence-corrected chi connectivity index (χ1v) is 5.64. The van der Waals surface area contributed by atoms with Crippen LogP contribution in [0.5, 0.6) is 5.75 Å². The average molecular weight is 253 g/mol. The van der Waals surface area contributed by atoms with Crippen LogP contribution in [0, 0.1) is 0 Å². The second-order valence-electron chi connectivity index (χ2n) is 4.07. The number of carbonyl (C=O) groups excluding carboxylic acids is 1. The summed E-state index contributed by atoms with van der Waals surface area (Å²) in [6.45, 7) is 0.500. The SMILES string of the molecule is COC(=O)CN(C)CC(O)c1cccc(OC)c1. The number of aliphatic hydroxyl groups is 1. The molecule has 0 amide bonds. The minimum Gasteiger partial charge on any atom is -0.497 e. The lowest BCUT2D eigenvalue weighted by atomic mass is 10.1. The Morgan fingerprint density at radius 1 is 1.44 bits per heavy atom. The number of carbonyl (C=O) groups is 1. The zero-order valence-electron chi connectivity index (χ0n) is 10.9. The molecule has 0 saturated heterocycles. The van der Waals surface area contributed by atoms with Crippen LogP contribution in [0.3, 0.4) is 0 Å². The lowest BCUT2D eigenvalue weighted by molar-refractivity contribution is -0.141. The molecule has 0 aliphatic rings. The van der Waals surface area contributed by atoms with E-state index in [-0.39, 0.29) is 12.5 Å². The van der Waals surface area contributed by atoms with Gasteiger partial charge in [-0.1, -0.05) is 12.1 Å². The Labute approximate surface area is 107 Å². The minimum atomic E-state index is -0.672. The van der Waals surface area contributed by atoms with Gasteiger partial charge in [-0.3, -0.25) is 9.69 Å². The predicted octanol–water partition coefficient (Wildman–Crippen LogP) is 0.833. The van der Waals surface area contributed by atoms with Crippen molar-refractivity contribution in [2.24, 2.45) is 0 Å². The second-order valence-corrected chi connectivity index (χ2v) is 4.07. The fourth-order valence-electron chi connectivity index (χ4n) is 1.60. The number of ether oxygens (including phenoxy) is 2. The van der Waals surface area contributed by atoms with Gasteiger partial charge in [0.05, 0.1) is 26.9 Å². The van der Waals surface area contributed by atoms with E-state index < -0.39 is 6.10 Å². The van der Waals surface area contributed by atoms with Gasteiger partial charge in [0.25, 0.3) is 0 Å². The molecule has 0 heterocycles. The van der Waals surface area contributed by atoms with Crippen LogP contribution in [0.15, 0.2) is 24.3 Å². The Balaban J connectivity index is 2.58. The number of likely N-dealkylation sites (N-methyl/N-ethyl adjacent to an activating group) is 1. The summed E-state index contributed by atoms with van der Waals surface area (Å²) in [6, 6.07) is 7.22. The summed E-state index contributed by atoms with van der Waals surface area (Å²) in [7, 11) is 4.67. The van der Waals surface area contributed by atoms with E-state index in [0.717, 1.165) is 5.56 Å². The molecule has 0 fully saturated rings. The van der Waals surface area contributed by atoms with Crippen LogP contribution in [0.25, 0.3) is 0 Å². The van der Waals surface area contributed by atoms with Gasteiger partial charge in [-0.2, -0.15) is 0 Å². The maximum Gasteiger partial charge on any atom is 0.319 e. The van der Waals surface area contributed by atoms with Crippen molar-refractivity contribution >= 4 is 5.97 Å². The highest BCUT2D eigenvalue weighted by molar-refractivity contribution is 5.71. The molecule has 0 aromatic heterocycles. The van der Waals surface area contributed by atoms with Crippen LogP contribution in [0.1, 0.15) is 11.7 Å². The van der Waals surface area contributed by atoms with Crippen molar-refractivity contribution in [2.75, 3.05) is 34.4 Å². The normalized spacial score (nSPS) is 12.3. The minimum absolute atomic E-state index is 0.150. The lowest BCUT2D eigenvalue weighted by Gasteiger charge is -2.19. The summed E-state index contributed by atoms with van der Waals surface area (Å²) in [5, 5.41) is 10.0. The van der Waals surface area contributed by atoms with Crippen LogP contribution < -0.4 is 4.74 Å². The van der Waals surface area contributed by atoms with Crippen molar-refractivity contribution in [3.8, 4) is 5.75 Å². The monoisotopic (exact) mass is 253 g/mol. The molecule has 5 heteroatoms. The highest BCUT2D eigenvalue weighted by atomic mass is 16.5. The molecule has 0 saturated carbocycles. The molecule has 0 bridgehead atoms. The van der Waals surface area contributed by atoms with Crippen LogP contribution in [0.2, 0.25) is 0 Å². The van der Waals surface area contributed by atoms with Gasteiger partial charge in [0.2, 0.25) is 0 Å². The Morgan fingerprint density at radius 3 is 2.78 bits per heavy atom. The first-order chi connectivity index (χ1) is 8.56. The fourth-order valence-corrected chi connectivity index (χ4v) is 1.60. The fraction of sp³-hybridized carbons (Fsp3) is 0.462. The predicted molar refractivity (Wildman–Crippen MR) is 67.5 cm³/mol. The highest BCUT2D eigenvalue weighted by Crippen LogP contribution is 2.19. The number of nitrogens with zero attached hydrogens (tertiary/aromatic N) is 1. The molecule has 1 aromatic rings. The third-order valence-electron chi connectivity index (χ3n) is 2.59.